The molecule has 0 aliphatic heterocycles. The maximum absolute atomic E-state index is 11.5. The molecule has 0 saturated heterocycles. The van der Waals surface area contributed by atoms with Gasteiger partial charge in [-0.1, -0.05) is 42.0 Å². The number of rotatable bonds is 6. The van der Waals surface area contributed by atoms with Crippen molar-refractivity contribution in [1.29, 1.82) is 5.26 Å². The van der Waals surface area contributed by atoms with Crippen molar-refractivity contribution < 1.29 is 9.66 Å². The van der Waals surface area contributed by atoms with Crippen LogP contribution in [-0.4, -0.2) is 21.4 Å². The van der Waals surface area contributed by atoms with E-state index in [2.05, 4.69) is 35.7 Å². The molecular weight excluding hydrogens is 466 g/mol. The maximum Gasteiger partial charge on any atom is 0.311 e. The van der Waals surface area contributed by atoms with Gasteiger partial charge in [-0.05, 0) is 49.6 Å². The molecule has 8 nitrogen and oxygen atoms in total. The first-order valence-corrected chi connectivity index (χ1v) is 11.8. The molecule has 8 heteroatoms. The van der Waals surface area contributed by atoms with E-state index in [4.69, 9.17) is 9.72 Å². The number of ether oxygens (including phenoxy) is 1. The third-order valence-corrected chi connectivity index (χ3v) is 6.71. The lowest BCUT2D eigenvalue weighted by Gasteiger charge is -2.20. The van der Waals surface area contributed by atoms with Crippen LogP contribution in [-0.2, 0) is 6.42 Å². The fourth-order valence-corrected chi connectivity index (χ4v) is 4.68. The van der Waals surface area contributed by atoms with Gasteiger partial charge in [0.2, 0.25) is 0 Å². The molecule has 0 saturated carbocycles. The number of nitriles is 1. The first kappa shape index (κ1) is 23.8. The number of para-hydroxylation sites is 2. The summed E-state index contributed by atoms with van der Waals surface area (Å²) in [5.74, 6) is 0.912. The van der Waals surface area contributed by atoms with Gasteiger partial charge in [0.15, 0.2) is 11.4 Å². The largest absolute Gasteiger partial charge is 0.490 e. The zero-order chi connectivity index (χ0) is 26.3. The molecule has 0 radical (unpaired) electrons. The minimum absolute atomic E-state index is 0.0975. The molecule has 0 amide bonds. The van der Waals surface area contributed by atoms with Crippen molar-refractivity contribution in [2.75, 3.05) is 12.4 Å². The Morgan fingerprint density at radius 2 is 1.84 bits per heavy atom. The van der Waals surface area contributed by atoms with Gasteiger partial charge in [-0.25, -0.2) is 4.98 Å². The number of aryl methyl sites for hydroxylation is 2. The summed E-state index contributed by atoms with van der Waals surface area (Å²) in [6, 6.07) is 21.6. The molecule has 184 valence electrons. The molecule has 1 N–H and O–H groups in total. The zero-order valence-corrected chi connectivity index (χ0v) is 21.0. The second-order valence-electron chi connectivity index (χ2n) is 9.08. The van der Waals surface area contributed by atoms with Crippen LogP contribution in [0.2, 0.25) is 0 Å². The molecule has 0 aliphatic rings. The van der Waals surface area contributed by atoms with Crippen molar-refractivity contribution in [1.82, 2.24) is 9.38 Å². The van der Waals surface area contributed by atoms with Crippen LogP contribution < -0.4 is 10.1 Å². The minimum Gasteiger partial charge on any atom is -0.490 e. The Morgan fingerprint density at radius 3 is 2.51 bits per heavy atom. The minimum atomic E-state index is -0.453. The van der Waals surface area contributed by atoms with Gasteiger partial charge in [0, 0.05) is 29.8 Å². The first-order chi connectivity index (χ1) is 17.8. The molecule has 5 rings (SSSR count). The van der Waals surface area contributed by atoms with Crippen molar-refractivity contribution in [2.45, 2.75) is 27.2 Å². The van der Waals surface area contributed by atoms with E-state index in [-0.39, 0.29) is 11.4 Å². The topological polar surface area (TPSA) is 105 Å². The number of imidazole rings is 1. The lowest BCUT2D eigenvalue weighted by molar-refractivity contribution is -0.385. The highest BCUT2D eigenvalue weighted by Crippen LogP contribution is 2.38. The van der Waals surface area contributed by atoms with Crippen LogP contribution in [0.4, 0.5) is 17.2 Å². The number of pyridine rings is 1. The average molecular weight is 492 g/mol. The summed E-state index contributed by atoms with van der Waals surface area (Å²) in [5.41, 5.74) is 7.99. The number of fused-ring (bicyclic) bond motifs is 3. The van der Waals surface area contributed by atoms with Crippen molar-refractivity contribution in [3.63, 3.8) is 0 Å². The van der Waals surface area contributed by atoms with E-state index >= 15 is 0 Å². The molecule has 3 aromatic carbocycles. The standard InChI is InChI=1S/C29H25N5O3/c1-17-9-11-20(12-10-17)14-21-19(3)22(16-30)29-31-23-7-5-6-8-25(23)33(29)28(21)32-24-15-27(37-4)26(34(35)36)13-18(24)2/h5-13,15,32H,14H2,1-4H3. The summed E-state index contributed by atoms with van der Waals surface area (Å²) in [4.78, 5) is 15.9. The van der Waals surface area contributed by atoms with Crippen LogP contribution in [0.25, 0.3) is 16.7 Å². The third-order valence-electron chi connectivity index (χ3n) is 6.71. The number of nitro benzene ring substituents is 1. The van der Waals surface area contributed by atoms with Gasteiger partial charge in [-0.2, -0.15) is 5.26 Å². The van der Waals surface area contributed by atoms with E-state index in [0.29, 0.717) is 28.9 Å². The lowest BCUT2D eigenvalue weighted by atomic mass is 9.97. The van der Waals surface area contributed by atoms with E-state index in [1.165, 1.54) is 18.7 Å². The fourth-order valence-electron chi connectivity index (χ4n) is 4.68. The molecule has 0 spiro atoms. The van der Waals surface area contributed by atoms with Crippen LogP contribution in [0.3, 0.4) is 0 Å². The van der Waals surface area contributed by atoms with Crippen LogP contribution in [0, 0.1) is 42.2 Å². The molecular formula is C29H25N5O3. The van der Waals surface area contributed by atoms with Crippen LogP contribution in [0.1, 0.15) is 33.4 Å². The Labute approximate surface area is 213 Å². The Balaban J connectivity index is 1.82. The molecule has 0 atom stereocenters. The average Bonchev–Trinajstić information content (AvgIpc) is 3.27. The highest BCUT2D eigenvalue weighted by molar-refractivity contribution is 5.87. The van der Waals surface area contributed by atoms with Gasteiger partial charge in [-0.3, -0.25) is 14.5 Å². The highest BCUT2D eigenvalue weighted by Gasteiger charge is 2.23. The molecule has 0 fully saturated rings. The van der Waals surface area contributed by atoms with E-state index in [1.807, 2.05) is 49.4 Å². The van der Waals surface area contributed by atoms with E-state index < -0.39 is 4.92 Å². The second-order valence-corrected chi connectivity index (χ2v) is 9.08. The van der Waals surface area contributed by atoms with Crippen molar-refractivity contribution >= 4 is 33.9 Å². The number of methoxy groups -OCH3 is 1. The Kier molecular flexibility index (Phi) is 5.98. The van der Waals surface area contributed by atoms with E-state index in [1.54, 1.807) is 6.07 Å². The molecule has 37 heavy (non-hydrogen) atoms. The zero-order valence-electron chi connectivity index (χ0n) is 21.0. The Bertz CT molecular complexity index is 1730. The third kappa shape index (κ3) is 4.10. The quantitative estimate of drug-likeness (QED) is 0.214. The number of hydrogen-bond acceptors (Lipinski definition) is 6. The number of anilines is 2. The number of aromatic nitrogens is 2. The lowest BCUT2D eigenvalue weighted by Crippen LogP contribution is -2.10. The summed E-state index contributed by atoms with van der Waals surface area (Å²) in [6.07, 6.45) is 0.578. The van der Waals surface area contributed by atoms with Gasteiger partial charge in [-0.15, -0.1) is 0 Å². The summed E-state index contributed by atoms with van der Waals surface area (Å²) in [7, 11) is 1.41. The normalized spacial score (nSPS) is 11.0. The molecule has 0 bridgehead atoms. The number of nitro groups is 1. The highest BCUT2D eigenvalue weighted by atomic mass is 16.6. The van der Waals surface area contributed by atoms with Crippen molar-refractivity contribution in [3.05, 3.63) is 104 Å². The van der Waals surface area contributed by atoms with Crippen molar-refractivity contribution in [2.24, 2.45) is 0 Å². The Hall–Kier alpha value is -4.90. The van der Waals surface area contributed by atoms with Gasteiger partial charge in [0.05, 0.1) is 28.6 Å². The fraction of sp³-hybridized carbons (Fsp3) is 0.172. The van der Waals surface area contributed by atoms with Crippen molar-refractivity contribution in [3.8, 4) is 11.8 Å². The molecule has 2 heterocycles. The smallest absolute Gasteiger partial charge is 0.311 e. The maximum atomic E-state index is 11.5. The van der Waals surface area contributed by atoms with E-state index in [0.717, 1.165) is 33.5 Å². The summed E-state index contributed by atoms with van der Waals surface area (Å²) in [5, 5.41) is 25.2. The summed E-state index contributed by atoms with van der Waals surface area (Å²) in [6.45, 7) is 5.80. The molecule has 2 aromatic heterocycles. The van der Waals surface area contributed by atoms with Crippen LogP contribution in [0.15, 0.2) is 60.7 Å². The summed E-state index contributed by atoms with van der Waals surface area (Å²) < 4.78 is 7.31. The summed E-state index contributed by atoms with van der Waals surface area (Å²) >= 11 is 0. The van der Waals surface area contributed by atoms with E-state index in [9.17, 15) is 15.4 Å². The molecule has 0 unspecified atom stereocenters. The number of benzene rings is 3. The monoisotopic (exact) mass is 491 g/mol. The number of nitrogens with zero attached hydrogens (tertiary/aromatic N) is 4. The predicted molar refractivity (Wildman–Crippen MR) is 144 cm³/mol. The SMILES string of the molecule is COc1cc(Nc2c(Cc3ccc(C)cc3)c(C)c(C#N)c3nc4ccccc4n23)c(C)cc1[N+](=O)[O-]. The van der Waals surface area contributed by atoms with Gasteiger partial charge >= 0.3 is 5.69 Å². The van der Waals surface area contributed by atoms with Crippen LogP contribution in [0.5, 0.6) is 5.75 Å². The Morgan fingerprint density at radius 1 is 1.11 bits per heavy atom. The van der Waals surface area contributed by atoms with Gasteiger partial charge in [0.1, 0.15) is 11.9 Å². The number of nitrogens with one attached hydrogen (secondary N) is 1. The van der Waals surface area contributed by atoms with Gasteiger partial charge < -0.3 is 10.1 Å². The first-order valence-electron chi connectivity index (χ1n) is 11.8. The predicted octanol–water partition coefficient (Wildman–Crippen LogP) is 6.54. The molecule has 5 aromatic rings. The van der Waals surface area contributed by atoms with Crippen LogP contribution >= 0.6 is 0 Å². The molecule has 0 aliphatic carbocycles. The van der Waals surface area contributed by atoms with Gasteiger partial charge in [0.25, 0.3) is 0 Å². The second kappa shape index (κ2) is 9.28. The number of hydrogen-bond donors (Lipinski definition) is 1.